The van der Waals surface area contributed by atoms with Crippen LogP contribution >= 0.6 is 0 Å². The standard InChI is InChI=1S/C11H16O2/c1-2-5-13-11(12)10-7-8-3-4-9(10)6-8/h3-4,8-10H,2,5-7H2,1H3/t8-,9?,10?/m1/s1. The zero-order chi connectivity index (χ0) is 9.26. The van der Waals surface area contributed by atoms with Crippen molar-refractivity contribution in [3.05, 3.63) is 12.2 Å². The molecule has 0 aromatic carbocycles. The number of rotatable bonds is 3. The van der Waals surface area contributed by atoms with Gasteiger partial charge in [-0.1, -0.05) is 19.1 Å². The topological polar surface area (TPSA) is 26.3 Å². The summed E-state index contributed by atoms with van der Waals surface area (Å²) in [6, 6.07) is 0. The second kappa shape index (κ2) is 3.52. The van der Waals surface area contributed by atoms with Gasteiger partial charge in [-0.05, 0) is 31.1 Å². The average molecular weight is 180 g/mol. The molecule has 0 radical (unpaired) electrons. The maximum absolute atomic E-state index is 11.5. The van der Waals surface area contributed by atoms with Crippen LogP contribution in [0, 0.1) is 17.8 Å². The second-order valence-electron chi connectivity index (χ2n) is 4.05. The molecule has 0 aromatic heterocycles. The largest absolute Gasteiger partial charge is 0.465 e. The molecule has 0 aliphatic heterocycles. The van der Waals surface area contributed by atoms with Crippen LogP contribution in [-0.2, 0) is 9.53 Å². The lowest BCUT2D eigenvalue weighted by Crippen LogP contribution is -2.21. The van der Waals surface area contributed by atoms with Gasteiger partial charge in [0.1, 0.15) is 0 Å². The smallest absolute Gasteiger partial charge is 0.309 e. The van der Waals surface area contributed by atoms with Crippen molar-refractivity contribution in [3.8, 4) is 0 Å². The van der Waals surface area contributed by atoms with E-state index in [4.69, 9.17) is 4.74 Å². The zero-order valence-corrected chi connectivity index (χ0v) is 8.03. The Balaban J connectivity index is 1.88. The number of fused-ring (bicyclic) bond motifs is 2. The van der Waals surface area contributed by atoms with Gasteiger partial charge in [-0.25, -0.2) is 0 Å². The highest BCUT2D eigenvalue weighted by atomic mass is 16.5. The van der Waals surface area contributed by atoms with E-state index in [0.717, 1.165) is 12.8 Å². The van der Waals surface area contributed by atoms with E-state index < -0.39 is 0 Å². The van der Waals surface area contributed by atoms with Gasteiger partial charge >= 0.3 is 5.97 Å². The summed E-state index contributed by atoms with van der Waals surface area (Å²) in [5.41, 5.74) is 0. The van der Waals surface area contributed by atoms with Gasteiger partial charge in [0.05, 0.1) is 12.5 Å². The molecule has 2 aliphatic carbocycles. The third-order valence-electron chi connectivity index (χ3n) is 3.03. The minimum Gasteiger partial charge on any atom is -0.465 e. The molecular weight excluding hydrogens is 164 g/mol. The predicted molar refractivity (Wildman–Crippen MR) is 50.1 cm³/mol. The van der Waals surface area contributed by atoms with E-state index in [9.17, 15) is 4.79 Å². The number of esters is 1. The van der Waals surface area contributed by atoms with Crippen molar-refractivity contribution in [1.82, 2.24) is 0 Å². The average Bonchev–Trinajstić information content (AvgIpc) is 2.74. The molecule has 3 atom stereocenters. The maximum atomic E-state index is 11.5. The lowest BCUT2D eigenvalue weighted by atomic mass is 9.94. The summed E-state index contributed by atoms with van der Waals surface area (Å²) in [5, 5.41) is 0. The van der Waals surface area contributed by atoms with Crippen molar-refractivity contribution in [2.75, 3.05) is 6.61 Å². The van der Waals surface area contributed by atoms with E-state index in [0.29, 0.717) is 18.4 Å². The number of ether oxygens (including phenoxy) is 1. The van der Waals surface area contributed by atoms with Gasteiger partial charge in [-0.3, -0.25) is 4.79 Å². The van der Waals surface area contributed by atoms with E-state index in [1.54, 1.807) is 0 Å². The van der Waals surface area contributed by atoms with E-state index in [-0.39, 0.29) is 11.9 Å². The molecular formula is C11H16O2. The number of hydrogen-bond acceptors (Lipinski definition) is 2. The van der Waals surface area contributed by atoms with Crippen molar-refractivity contribution in [2.24, 2.45) is 17.8 Å². The third kappa shape index (κ3) is 1.62. The summed E-state index contributed by atoms with van der Waals surface area (Å²) in [7, 11) is 0. The highest BCUT2D eigenvalue weighted by molar-refractivity contribution is 5.74. The van der Waals surface area contributed by atoms with Crippen molar-refractivity contribution in [1.29, 1.82) is 0 Å². The van der Waals surface area contributed by atoms with Gasteiger partial charge in [0.15, 0.2) is 0 Å². The molecule has 2 unspecified atom stereocenters. The molecule has 0 spiro atoms. The first-order valence-electron chi connectivity index (χ1n) is 5.16. The first-order chi connectivity index (χ1) is 6.31. The Bertz CT molecular complexity index is 232. The Morgan fingerprint density at radius 3 is 2.85 bits per heavy atom. The second-order valence-corrected chi connectivity index (χ2v) is 4.05. The van der Waals surface area contributed by atoms with E-state index in [1.165, 1.54) is 6.42 Å². The predicted octanol–water partition coefficient (Wildman–Crippen LogP) is 2.15. The molecule has 0 amide bonds. The first kappa shape index (κ1) is 8.79. The number of allylic oxidation sites excluding steroid dienone is 2. The van der Waals surface area contributed by atoms with Crippen molar-refractivity contribution >= 4 is 5.97 Å². The van der Waals surface area contributed by atoms with Crippen LogP contribution in [0.4, 0.5) is 0 Å². The fourth-order valence-electron chi connectivity index (χ4n) is 2.36. The van der Waals surface area contributed by atoms with Gasteiger partial charge in [0.2, 0.25) is 0 Å². The Labute approximate surface area is 79.0 Å². The van der Waals surface area contributed by atoms with Gasteiger partial charge in [0.25, 0.3) is 0 Å². The van der Waals surface area contributed by atoms with Crippen LogP contribution in [0.3, 0.4) is 0 Å². The molecule has 2 nitrogen and oxygen atoms in total. The van der Waals surface area contributed by atoms with Crippen LogP contribution < -0.4 is 0 Å². The molecule has 0 saturated heterocycles. The Morgan fingerprint density at radius 1 is 1.46 bits per heavy atom. The molecule has 1 fully saturated rings. The summed E-state index contributed by atoms with van der Waals surface area (Å²) in [6.45, 7) is 2.60. The lowest BCUT2D eigenvalue weighted by molar-refractivity contribution is -0.149. The Morgan fingerprint density at radius 2 is 2.31 bits per heavy atom. The summed E-state index contributed by atoms with van der Waals surface area (Å²) in [4.78, 5) is 11.5. The Kier molecular flexibility index (Phi) is 2.38. The summed E-state index contributed by atoms with van der Waals surface area (Å²) in [5.74, 6) is 1.33. The van der Waals surface area contributed by atoms with Gasteiger partial charge in [-0.15, -0.1) is 0 Å². The number of carbonyl (C=O) groups excluding carboxylic acids is 1. The first-order valence-corrected chi connectivity index (χ1v) is 5.16. The van der Waals surface area contributed by atoms with Crippen LogP contribution in [0.25, 0.3) is 0 Å². The summed E-state index contributed by atoms with van der Waals surface area (Å²) >= 11 is 0. The van der Waals surface area contributed by atoms with E-state index in [2.05, 4.69) is 12.2 Å². The van der Waals surface area contributed by atoms with Crippen molar-refractivity contribution in [2.45, 2.75) is 26.2 Å². The van der Waals surface area contributed by atoms with Crippen LogP contribution in [-0.4, -0.2) is 12.6 Å². The fourth-order valence-corrected chi connectivity index (χ4v) is 2.36. The van der Waals surface area contributed by atoms with Crippen molar-refractivity contribution < 1.29 is 9.53 Å². The number of carbonyl (C=O) groups is 1. The zero-order valence-electron chi connectivity index (χ0n) is 8.03. The molecule has 2 bridgehead atoms. The van der Waals surface area contributed by atoms with Gasteiger partial charge < -0.3 is 4.74 Å². The highest BCUT2D eigenvalue weighted by Crippen LogP contribution is 2.43. The maximum Gasteiger partial charge on any atom is 0.309 e. The van der Waals surface area contributed by atoms with Crippen LogP contribution in [0.5, 0.6) is 0 Å². The molecule has 0 heterocycles. The fraction of sp³-hybridized carbons (Fsp3) is 0.727. The SMILES string of the molecule is CCCOC(=O)C1C[C@@H]2C=CC1C2. The van der Waals surface area contributed by atoms with Gasteiger partial charge in [0, 0.05) is 0 Å². The Hall–Kier alpha value is -0.790. The molecule has 2 heteroatoms. The molecule has 13 heavy (non-hydrogen) atoms. The molecule has 2 aliphatic rings. The lowest BCUT2D eigenvalue weighted by Gasteiger charge is -2.16. The molecule has 0 aromatic rings. The third-order valence-corrected chi connectivity index (χ3v) is 3.03. The molecule has 1 saturated carbocycles. The minimum absolute atomic E-state index is 0.0266. The van der Waals surface area contributed by atoms with E-state index >= 15 is 0 Å². The monoisotopic (exact) mass is 180 g/mol. The van der Waals surface area contributed by atoms with E-state index in [1.807, 2.05) is 6.92 Å². The summed E-state index contributed by atoms with van der Waals surface area (Å²) in [6.07, 6.45) is 7.54. The normalized spacial score (nSPS) is 35.3. The highest BCUT2D eigenvalue weighted by Gasteiger charge is 2.40. The molecule has 72 valence electrons. The summed E-state index contributed by atoms with van der Waals surface area (Å²) < 4.78 is 5.15. The van der Waals surface area contributed by atoms with Crippen molar-refractivity contribution in [3.63, 3.8) is 0 Å². The van der Waals surface area contributed by atoms with Crippen LogP contribution in [0.2, 0.25) is 0 Å². The molecule has 0 N–H and O–H groups in total. The number of hydrogen-bond donors (Lipinski definition) is 0. The minimum atomic E-state index is 0.0266. The van der Waals surface area contributed by atoms with Crippen LogP contribution in [0.1, 0.15) is 26.2 Å². The quantitative estimate of drug-likeness (QED) is 0.491. The molecule has 2 rings (SSSR count). The van der Waals surface area contributed by atoms with Gasteiger partial charge in [-0.2, -0.15) is 0 Å². The van der Waals surface area contributed by atoms with Crippen LogP contribution in [0.15, 0.2) is 12.2 Å².